The van der Waals surface area contributed by atoms with Crippen molar-refractivity contribution in [3.8, 4) is 0 Å². The first-order valence-corrected chi connectivity index (χ1v) is 9.78. The maximum absolute atomic E-state index is 12.7. The number of aromatic nitrogens is 1. The van der Waals surface area contributed by atoms with Crippen LogP contribution in [0, 0.1) is 26.7 Å². The van der Waals surface area contributed by atoms with Crippen molar-refractivity contribution >= 4 is 5.91 Å². The number of hydrogen-bond donors (Lipinski definition) is 0. The van der Waals surface area contributed by atoms with Gasteiger partial charge in [-0.3, -0.25) is 4.79 Å². The highest BCUT2D eigenvalue weighted by atomic mass is 16.5. The van der Waals surface area contributed by atoms with Gasteiger partial charge in [0.1, 0.15) is 5.76 Å². The second kappa shape index (κ2) is 8.52. The molecule has 1 atom stereocenters. The van der Waals surface area contributed by atoms with Gasteiger partial charge >= 0.3 is 0 Å². The largest absolute Gasteiger partial charge is 0.361 e. The van der Waals surface area contributed by atoms with E-state index in [2.05, 4.69) is 41.2 Å². The van der Waals surface area contributed by atoms with E-state index in [0.29, 0.717) is 12.3 Å². The lowest BCUT2D eigenvalue weighted by Crippen LogP contribution is -2.40. The number of hydrogen-bond acceptors (Lipinski definition) is 3. The van der Waals surface area contributed by atoms with Crippen molar-refractivity contribution in [1.29, 1.82) is 0 Å². The maximum atomic E-state index is 12.7. The number of benzene rings is 1. The minimum atomic E-state index is 0.269. The number of aryl methyl sites for hydroxylation is 4. The van der Waals surface area contributed by atoms with E-state index in [9.17, 15) is 4.79 Å². The highest BCUT2D eigenvalue weighted by Crippen LogP contribution is 2.23. The van der Waals surface area contributed by atoms with Gasteiger partial charge < -0.3 is 9.42 Å². The zero-order valence-electron chi connectivity index (χ0n) is 16.3. The zero-order valence-corrected chi connectivity index (χ0v) is 16.3. The maximum Gasteiger partial charge on any atom is 0.222 e. The summed E-state index contributed by atoms with van der Waals surface area (Å²) < 4.78 is 5.20. The number of nitrogens with zero attached hydrogens (tertiary/aromatic N) is 2. The Morgan fingerprint density at radius 3 is 2.77 bits per heavy atom. The van der Waals surface area contributed by atoms with Crippen LogP contribution in [0.2, 0.25) is 0 Å². The summed E-state index contributed by atoms with van der Waals surface area (Å²) in [6.45, 7) is 7.86. The molecule has 3 rings (SSSR count). The van der Waals surface area contributed by atoms with E-state index in [4.69, 9.17) is 4.52 Å². The molecule has 0 spiro atoms. The van der Waals surface area contributed by atoms with Crippen molar-refractivity contribution in [3.63, 3.8) is 0 Å². The van der Waals surface area contributed by atoms with Crippen molar-refractivity contribution in [2.75, 3.05) is 13.1 Å². The van der Waals surface area contributed by atoms with Gasteiger partial charge in [-0.1, -0.05) is 29.4 Å². The normalized spacial score (nSPS) is 17.5. The van der Waals surface area contributed by atoms with E-state index in [1.807, 2.05) is 13.8 Å². The highest BCUT2D eigenvalue weighted by molar-refractivity contribution is 5.76. The molecule has 0 aliphatic carbocycles. The molecule has 140 valence electrons. The fourth-order valence-electron chi connectivity index (χ4n) is 4.03. The minimum Gasteiger partial charge on any atom is -0.361 e. The summed E-state index contributed by atoms with van der Waals surface area (Å²) in [5, 5.41) is 3.98. The summed E-state index contributed by atoms with van der Waals surface area (Å²) in [4.78, 5) is 14.7. The molecule has 1 unspecified atom stereocenters. The Morgan fingerprint density at radius 2 is 2.04 bits per heavy atom. The molecule has 4 nitrogen and oxygen atoms in total. The molecule has 26 heavy (non-hydrogen) atoms. The van der Waals surface area contributed by atoms with E-state index in [-0.39, 0.29) is 5.91 Å². The molecule has 0 saturated carbocycles. The molecule has 0 radical (unpaired) electrons. The summed E-state index contributed by atoms with van der Waals surface area (Å²) >= 11 is 0. The van der Waals surface area contributed by atoms with Gasteiger partial charge in [-0.2, -0.15) is 0 Å². The predicted octanol–water partition coefficient (Wildman–Crippen LogP) is 4.40. The number of piperidine rings is 1. The Balaban J connectivity index is 1.49. The third-order valence-electron chi connectivity index (χ3n) is 5.72. The van der Waals surface area contributed by atoms with Gasteiger partial charge in [0.15, 0.2) is 0 Å². The molecule has 4 heteroatoms. The van der Waals surface area contributed by atoms with E-state index in [1.54, 1.807) is 0 Å². The lowest BCUT2D eigenvalue weighted by molar-refractivity contribution is -0.133. The van der Waals surface area contributed by atoms with Gasteiger partial charge in [-0.15, -0.1) is 0 Å². The molecule has 0 bridgehead atoms. The third-order valence-corrected chi connectivity index (χ3v) is 5.72. The fraction of sp³-hybridized carbons (Fsp3) is 0.545. The number of amides is 1. The molecule has 0 N–H and O–H groups in total. The second-order valence-corrected chi connectivity index (χ2v) is 7.62. The van der Waals surface area contributed by atoms with E-state index in [0.717, 1.165) is 49.4 Å². The average molecular weight is 354 g/mol. The van der Waals surface area contributed by atoms with Crippen LogP contribution < -0.4 is 0 Å². The van der Waals surface area contributed by atoms with Gasteiger partial charge in [0.2, 0.25) is 5.91 Å². The first kappa shape index (κ1) is 18.7. The first-order chi connectivity index (χ1) is 12.5. The van der Waals surface area contributed by atoms with Crippen molar-refractivity contribution in [3.05, 3.63) is 52.4 Å². The van der Waals surface area contributed by atoms with Gasteiger partial charge in [0.25, 0.3) is 0 Å². The summed E-state index contributed by atoms with van der Waals surface area (Å²) in [7, 11) is 0. The summed E-state index contributed by atoms with van der Waals surface area (Å²) in [5.41, 5.74) is 4.81. The Hall–Kier alpha value is -2.10. The summed E-state index contributed by atoms with van der Waals surface area (Å²) in [5.74, 6) is 1.72. The molecule has 1 aliphatic heterocycles. The molecule has 1 aromatic carbocycles. The Bertz CT molecular complexity index is 731. The smallest absolute Gasteiger partial charge is 0.222 e. The van der Waals surface area contributed by atoms with Crippen molar-refractivity contribution < 1.29 is 9.32 Å². The fourth-order valence-corrected chi connectivity index (χ4v) is 4.03. The van der Waals surface area contributed by atoms with Crippen LogP contribution in [0.5, 0.6) is 0 Å². The van der Waals surface area contributed by atoms with Gasteiger partial charge in [-0.25, -0.2) is 0 Å². The highest BCUT2D eigenvalue weighted by Gasteiger charge is 2.24. The van der Waals surface area contributed by atoms with Crippen LogP contribution in [-0.4, -0.2) is 29.1 Å². The molecule has 2 aromatic rings. The van der Waals surface area contributed by atoms with Crippen LogP contribution in [0.25, 0.3) is 0 Å². The van der Waals surface area contributed by atoms with Crippen molar-refractivity contribution in [2.45, 2.75) is 59.3 Å². The Kier molecular flexibility index (Phi) is 6.12. The molecular weight excluding hydrogens is 324 g/mol. The number of rotatable bonds is 6. The monoisotopic (exact) mass is 354 g/mol. The second-order valence-electron chi connectivity index (χ2n) is 7.62. The van der Waals surface area contributed by atoms with Crippen molar-refractivity contribution in [2.24, 2.45) is 5.92 Å². The Morgan fingerprint density at radius 1 is 1.23 bits per heavy atom. The lowest BCUT2D eigenvalue weighted by atomic mass is 9.90. The molecule has 1 aliphatic rings. The molecule has 2 heterocycles. The lowest BCUT2D eigenvalue weighted by Gasteiger charge is -2.33. The van der Waals surface area contributed by atoms with Gasteiger partial charge in [0.05, 0.1) is 5.69 Å². The van der Waals surface area contributed by atoms with Crippen LogP contribution in [-0.2, 0) is 17.6 Å². The van der Waals surface area contributed by atoms with Crippen LogP contribution >= 0.6 is 0 Å². The van der Waals surface area contributed by atoms with E-state index >= 15 is 0 Å². The zero-order chi connectivity index (χ0) is 18.5. The van der Waals surface area contributed by atoms with E-state index < -0.39 is 0 Å². The van der Waals surface area contributed by atoms with E-state index in [1.165, 1.54) is 24.0 Å². The van der Waals surface area contributed by atoms with Crippen LogP contribution in [0.1, 0.15) is 53.8 Å². The molecule has 1 amide bonds. The van der Waals surface area contributed by atoms with Gasteiger partial charge in [-0.05, 0) is 69.9 Å². The summed E-state index contributed by atoms with van der Waals surface area (Å²) in [6, 6.07) is 8.62. The average Bonchev–Trinajstić information content (AvgIpc) is 2.97. The molecule has 1 aromatic heterocycles. The van der Waals surface area contributed by atoms with Crippen LogP contribution in [0.15, 0.2) is 28.8 Å². The molecular formula is C22H30N2O2. The Labute approximate surface area is 156 Å². The third kappa shape index (κ3) is 4.54. The van der Waals surface area contributed by atoms with Crippen LogP contribution in [0.3, 0.4) is 0 Å². The SMILES string of the molecule is Cc1ccccc1CCC1CCCN(C(=O)CCc2c(C)noc2C)C1. The number of carbonyl (C=O) groups excluding carboxylic acids is 1. The molecule has 1 fully saturated rings. The predicted molar refractivity (Wildman–Crippen MR) is 103 cm³/mol. The minimum absolute atomic E-state index is 0.269. The van der Waals surface area contributed by atoms with Gasteiger partial charge in [0, 0.05) is 25.1 Å². The first-order valence-electron chi connectivity index (χ1n) is 9.78. The quantitative estimate of drug-likeness (QED) is 0.772. The summed E-state index contributed by atoms with van der Waals surface area (Å²) in [6.07, 6.45) is 5.91. The standard InChI is InChI=1S/C22H30N2O2/c1-16-7-4-5-9-20(16)11-10-19-8-6-14-24(15-19)22(25)13-12-21-17(2)23-26-18(21)3/h4-5,7,9,19H,6,8,10-15H2,1-3H3. The number of carbonyl (C=O) groups is 1. The van der Waals surface area contributed by atoms with Crippen molar-refractivity contribution in [1.82, 2.24) is 10.1 Å². The number of likely N-dealkylation sites (tertiary alicyclic amines) is 1. The van der Waals surface area contributed by atoms with Crippen LogP contribution in [0.4, 0.5) is 0 Å². The molecule has 1 saturated heterocycles. The topological polar surface area (TPSA) is 46.3 Å².